The molecule has 1 aromatic heterocycles. The lowest BCUT2D eigenvalue weighted by Gasteiger charge is -2.26. The second-order valence-corrected chi connectivity index (χ2v) is 5.46. The van der Waals surface area contributed by atoms with Gasteiger partial charge in [0, 0.05) is 31.1 Å². The lowest BCUT2D eigenvalue weighted by atomic mass is 10.0. The molecule has 120 valence electrons. The Hall–Kier alpha value is -2.63. The molecule has 0 N–H and O–H groups in total. The van der Waals surface area contributed by atoms with Gasteiger partial charge in [-0.05, 0) is 19.1 Å². The number of fused-ring (bicyclic) bond motifs is 1. The summed E-state index contributed by atoms with van der Waals surface area (Å²) in [6.07, 6.45) is 0.640. The van der Waals surface area contributed by atoms with Crippen LogP contribution in [0.5, 0.6) is 0 Å². The number of hydrogen-bond donors (Lipinski definition) is 0. The maximum Gasteiger partial charge on any atom is 0.356 e. The Morgan fingerprint density at radius 2 is 2.00 bits per heavy atom. The molecular weight excluding hydrogens is 294 g/mol. The number of rotatable bonds is 3. The largest absolute Gasteiger partial charge is 0.461 e. The number of carbonyl (C=O) groups is 2. The van der Waals surface area contributed by atoms with Gasteiger partial charge >= 0.3 is 5.97 Å². The van der Waals surface area contributed by atoms with Crippen LogP contribution in [0.4, 0.5) is 0 Å². The molecule has 0 spiro atoms. The molecule has 0 radical (unpaired) electrons. The van der Waals surface area contributed by atoms with Gasteiger partial charge in [0.2, 0.25) is 0 Å². The lowest BCUT2D eigenvalue weighted by molar-refractivity contribution is 0.0508. The van der Waals surface area contributed by atoms with Gasteiger partial charge in [0.1, 0.15) is 0 Å². The van der Waals surface area contributed by atoms with Gasteiger partial charge in [-0.15, -0.1) is 0 Å². The van der Waals surface area contributed by atoms with Crippen LogP contribution in [-0.2, 0) is 24.8 Å². The van der Waals surface area contributed by atoms with E-state index in [1.165, 1.54) is 0 Å². The van der Waals surface area contributed by atoms with Crippen molar-refractivity contribution >= 4 is 11.9 Å². The number of aromatic nitrogens is 2. The number of ether oxygens (including phenoxy) is 1. The monoisotopic (exact) mass is 313 g/mol. The Balaban J connectivity index is 1.88. The predicted octanol–water partition coefficient (Wildman–Crippen LogP) is 1.80. The number of carbonyl (C=O) groups excluding carboxylic acids is 2. The molecule has 1 aliphatic rings. The summed E-state index contributed by atoms with van der Waals surface area (Å²) in [7, 11) is 1.73. The van der Waals surface area contributed by atoms with Crippen LogP contribution in [0.25, 0.3) is 0 Å². The summed E-state index contributed by atoms with van der Waals surface area (Å²) in [5, 5.41) is 4.40. The molecule has 0 unspecified atom stereocenters. The zero-order chi connectivity index (χ0) is 16.4. The van der Waals surface area contributed by atoms with Crippen LogP contribution < -0.4 is 0 Å². The van der Waals surface area contributed by atoms with Gasteiger partial charge in [-0.2, -0.15) is 5.10 Å². The maximum atomic E-state index is 12.6. The molecule has 0 saturated carbocycles. The molecular formula is C17H19N3O3. The minimum absolute atomic E-state index is 0.0325. The van der Waals surface area contributed by atoms with E-state index in [0.717, 1.165) is 11.3 Å². The molecule has 6 heteroatoms. The third-order valence-corrected chi connectivity index (χ3v) is 3.97. The van der Waals surface area contributed by atoms with Gasteiger partial charge in [-0.1, -0.05) is 18.2 Å². The Labute approximate surface area is 134 Å². The Morgan fingerprint density at radius 1 is 1.26 bits per heavy atom. The summed E-state index contributed by atoms with van der Waals surface area (Å²) in [5.74, 6) is -0.423. The molecule has 3 rings (SSSR count). The van der Waals surface area contributed by atoms with E-state index >= 15 is 0 Å². The second-order valence-electron chi connectivity index (χ2n) is 5.46. The lowest BCUT2D eigenvalue weighted by Crippen LogP contribution is -2.36. The molecule has 0 atom stereocenters. The minimum atomic E-state index is -0.391. The maximum absolute atomic E-state index is 12.6. The SMILES string of the molecule is CCOC(=O)c1c2c(nn1C)CCN(C(=O)c1ccccc1)C2. The molecule has 1 aromatic carbocycles. The highest BCUT2D eigenvalue weighted by Crippen LogP contribution is 2.24. The molecule has 0 saturated heterocycles. The summed E-state index contributed by atoms with van der Waals surface area (Å²) >= 11 is 0. The third-order valence-electron chi connectivity index (χ3n) is 3.97. The highest BCUT2D eigenvalue weighted by atomic mass is 16.5. The van der Waals surface area contributed by atoms with Crippen molar-refractivity contribution in [3.63, 3.8) is 0 Å². The van der Waals surface area contributed by atoms with Crippen molar-refractivity contribution < 1.29 is 14.3 Å². The minimum Gasteiger partial charge on any atom is -0.461 e. The normalized spacial score (nSPS) is 13.6. The van der Waals surface area contributed by atoms with Crippen LogP contribution >= 0.6 is 0 Å². The first kappa shape index (κ1) is 15.3. The molecule has 0 aliphatic carbocycles. The summed E-state index contributed by atoms with van der Waals surface area (Å²) in [4.78, 5) is 26.5. The molecule has 2 heterocycles. The van der Waals surface area contributed by atoms with Crippen LogP contribution in [0.2, 0.25) is 0 Å². The van der Waals surface area contributed by atoms with E-state index in [2.05, 4.69) is 5.10 Å². The van der Waals surface area contributed by atoms with E-state index in [9.17, 15) is 9.59 Å². The number of amides is 1. The van der Waals surface area contributed by atoms with Crippen LogP contribution in [0.15, 0.2) is 30.3 Å². The van der Waals surface area contributed by atoms with Gasteiger partial charge in [0.25, 0.3) is 5.91 Å². The van der Waals surface area contributed by atoms with Gasteiger partial charge in [0.05, 0.1) is 18.8 Å². The fourth-order valence-corrected chi connectivity index (χ4v) is 2.89. The average Bonchev–Trinajstić information content (AvgIpc) is 2.90. The van der Waals surface area contributed by atoms with Crippen molar-refractivity contribution in [2.75, 3.05) is 13.2 Å². The summed E-state index contributed by atoms with van der Waals surface area (Å²) in [5.41, 5.74) is 2.75. The number of benzene rings is 1. The van der Waals surface area contributed by atoms with E-state index in [-0.39, 0.29) is 5.91 Å². The number of hydrogen-bond acceptors (Lipinski definition) is 4. The molecule has 0 bridgehead atoms. The molecule has 23 heavy (non-hydrogen) atoms. The predicted molar refractivity (Wildman–Crippen MR) is 84.1 cm³/mol. The van der Waals surface area contributed by atoms with Crippen molar-refractivity contribution in [2.45, 2.75) is 19.9 Å². The van der Waals surface area contributed by atoms with Gasteiger partial charge < -0.3 is 9.64 Å². The van der Waals surface area contributed by atoms with Crippen molar-refractivity contribution in [2.24, 2.45) is 7.05 Å². The van der Waals surface area contributed by atoms with Crippen molar-refractivity contribution in [3.8, 4) is 0 Å². The van der Waals surface area contributed by atoms with Crippen molar-refractivity contribution in [1.29, 1.82) is 0 Å². The number of esters is 1. The average molecular weight is 313 g/mol. The fraction of sp³-hybridized carbons (Fsp3) is 0.353. The topological polar surface area (TPSA) is 64.4 Å². The second kappa shape index (κ2) is 6.24. The highest BCUT2D eigenvalue weighted by Gasteiger charge is 2.30. The van der Waals surface area contributed by atoms with E-state index in [1.807, 2.05) is 18.2 Å². The fourth-order valence-electron chi connectivity index (χ4n) is 2.89. The van der Waals surface area contributed by atoms with Gasteiger partial charge in [0.15, 0.2) is 5.69 Å². The first-order valence-corrected chi connectivity index (χ1v) is 7.68. The number of nitrogens with zero attached hydrogens (tertiary/aromatic N) is 3. The summed E-state index contributed by atoms with van der Waals surface area (Å²) in [6, 6.07) is 9.17. The zero-order valence-corrected chi connectivity index (χ0v) is 13.3. The smallest absolute Gasteiger partial charge is 0.356 e. The van der Waals surface area contributed by atoms with Gasteiger partial charge in [-0.25, -0.2) is 4.79 Å². The van der Waals surface area contributed by atoms with Crippen LogP contribution in [0.1, 0.15) is 39.0 Å². The third kappa shape index (κ3) is 2.84. The highest BCUT2D eigenvalue weighted by molar-refractivity contribution is 5.95. The first-order valence-electron chi connectivity index (χ1n) is 7.68. The zero-order valence-electron chi connectivity index (χ0n) is 13.3. The Bertz CT molecular complexity index is 737. The Morgan fingerprint density at radius 3 is 2.70 bits per heavy atom. The van der Waals surface area contributed by atoms with Crippen LogP contribution in [-0.4, -0.2) is 39.7 Å². The van der Waals surface area contributed by atoms with E-state index in [1.54, 1.807) is 35.7 Å². The summed E-state index contributed by atoms with van der Waals surface area (Å²) < 4.78 is 6.67. The Kier molecular flexibility index (Phi) is 4.14. The van der Waals surface area contributed by atoms with E-state index < -0.39 is 5.97 Å². The van der Waals surface area contributed by atoms with Crippen LogP contribution in [0.3, 0.4) is 0 Å². The van der Waals surface area contributed by atoms with Gasteiger partial charge in [-0.3, -0.25) is 9.48 Å². The van der Waals surface area contributed by atoms with E-state index in [4.69, 9.17) is 4.74 Å². The molecule has 2 aromatic rings. The molecule has 0 fully saturated rings. The first-order chi connectivity index (χ1) is 11.1. The van der Waals surface area contributed by atoms with Crippen molar-refractivity contribution in [1.82, 2.24) is 14.7 Å². The molecule has 6 nitrogen and oxygen atoms in total. The quantitative estimate of drug-likeness (QED) is 0.811. The van der Waals surface area contributed by atoms with Crippen LogP contribution in [0, 0.1) is 0 Å². The molecule has 1 amide bonds. The summed E-state index contributed by atoms with van der Waals surface area (Å²) in [6.45, 7) is 3.06. The number of aryl methyl sites for hydroxylation is 1. The van der Waals surface area contributed by atoms with Crippen molar-refractivity contribution in [3.05, 3.63) is 52.8 Å². The standard InChI is InChI=1S/C17H19N3O3/c1-3-23-17(22)15-13-11-20(10-9-14(13)18-19(15)2)16(21)12-7-5-4-6-8-12/h4-8H,3,9-11H2,1-2H3. The van der Waals surface area contributed by atoms with E-state index in [0.29, 0.717) is 37.4 Å². The molecule has 1 aliphatic heterocycles.